The van der Waals surface area contributed by atoms with Gasteiger partial charge in [-0.2, -0.15) is 0 Å². The molecule has 0 fully saturated rings. The first-order valence-corrected chi connectivity index (χ1v) is 7.33. The summed E-state index contributed by atoms with van der Waals surface area (Å²) in [5.41, 5.74) is 7.59. The van der Waals surface area contributed by atoms with E-state index in [-0.39, 0.29) is 11.9 Å². The van der Waals surface area contributed by atoms with Crippen LogP contribution in [0.15, 0.2) is 42.5 Å². The molecule has 0 amide bonds. The Bertz CT molecular complexity index is 617. The molecule has 112 valence electrons. The lowest BCUT2D eigenvalue weighted by atomic mass is 10.00. The van der Waals surface area contributed by atoms with E-state index < -0.39 is 6.10 Å². The average Bonchev–Trinajstić information content (AvgIpc) is 2.48. The smallest absolute Gasteiger partial charge is 0.142 e. The molecule has 0 heterocycles. The van der Waals surface area contributed by atoms with E-state index in [0.717, 1.165) is 5.56 Å². The fourth-order valence-electron chi connectivity index (χ4n) is 2.14. The summed E-state index contributed by atoms with van der Waals surface area (Å²) in [6, 6.07) is 11.7. The lowest BCUT2D eigenvalue weighted by molar-refractivity contribution is 0.166. The van der Waals surface area contributed by atoms with Gasteiger partial charge in [-0.25, -0.2) is 4.39 Å². The molecule has 2 aromatic rings. The van der Waals surface area contributed by atoms with Crippen LogP contribution in [0.1, 0.15) is 30.6 Å². The van der Waals surface area contributed by atoms with E-state index in [1.807, 2.05) is 26.0 Å². The van der Waals surface area contributed by atoms with E-state index in [1.54, 1.807) is 24.3 Å². The number of benzene rings is 2. The van der Waals surface area contributed by atoms with Gasteiger partial charge in [-0.15, -0.1) is 0 Å². The van der Waals surface area contributed by atoms with Gasteiger partial charge >= 0.3 is 0 Å². The highest BCUT2D eigenvalue weighted by atomic mass is 35.5. The van der Waals surface area contributed by atoms with Crippen LogP contribution in [0.3, 0.4) is 0 Å². The Labute approximate surface area is 129 Å². The largest absolute Gasteiger partial charge is 0.482 e. The van der Waals surface area contributed by atoms with Crippen molar-refractivity contribution in [2.24, 2.45) is 5.73 Å². The minimum Gasteiger partial charge on any atom is -0.482 e. The third-order valence-corrected chi connectivity index (χ3v) is 3.72. The normalized spacial score (nSPS) is 13.8. The average molecular weight is 308 g/mol. The van der Waals surface area contributed by atoms with Crippen molar-refractivity contribution in [3.05, 3.63) is 64.4 Å². The molecule has 0 saturated carbocycles. The van der Waals surface area contributed by atoms with E-state index >= 15 is 0 Å². The molecule has 2 atom stereocenters. The molecule has 0 spiro atoms. The van der Waals surface area contributed by atoms with Gasteiger partial charge in [-0.1, -0.05) is 42.8 Å². The number of aryl methyl sites for hydroxylation is 1. The van der Waals surface area contributed by atoms with Crippen LogP contribution in [0.25, 0.3) is 0 Å². The maximum Gasteiger partial charge on any atom is 0.142 e. The zero-order valence-corrected chi connectivity index (χ0v) is 12.9. The van der Waals surface area contributed by atoms with Crippen molar-refractivity contribution in [2.75, 3.05) is 0 Å². The Morgan fingerprint density at radius 1 is 1.24 bits per heavy atom. The predicted octanol–water partition coefficient (Wildman–Crippen LogP) is 4.64. The molecule has 0 bridgehead atoms. The topological polar surface area (TPSA) is 35.2 Å². The quantitative estimate of drug-likeness (QED) is 0.873. The second-order valence-electron chi connectivity index (χ2n) is 5.07. The Balaban J connectivity index is 2.38. The van der Waals surface area contributed by atoms with Crippen LogP contribution >= 0.6 is 11.6 Å². The molecule has 0 saturated heterocycles. The molecule has 4 heteroatoms. The van der Waals surface area contributed by atoms with E-state index in [0.29, 0.717) is 22.8 Å². The lowest BCUT2D eigenvalue weighted by Crippen LogP contribution is -2.32. The van der Waals surface area contributed by atoms with Gasteiger partial charge in [0, 0.05) is 11.6 Å². The molecule has 0 aliphatic heterocycles. The van der Waals surface area contributed by atoms with Crippen molar-refractivity contribution in [2.45, 2.75) is 32.4 Å². The fourth-order valence-corrected chi connectivity index (χ4v) is 2.30. The first kappa shape index (κ1) is 15.8. The highest BCUT2D eigenvalue weighted by Gasteiger charge is 2.24. The van der Waals surface area contributed by atoms with E-state index in [1.165, 1.54) is 6.07 Å². The SMILES string of the molecule is CCC(N)C(Oc1cc(C)ccc1Cl)c1ccccc1F. The molecule has 0 aromatic heterocycles. The van der Waals surface area contributed by atoms with Crippen LogP contribution in [-0.4, -0.2) is 6.04 Å². The Hall–Kier alpha value is -1.58. The van der Waals surface area contributed by atoms with Crippen LogP contribution < -0.4 is 10.5 Å². The van der Waals surface area contributed by atoms with Crippen LogP contribution in [0.4, 0.5) is 4.39 Å². The molecule has 2 nitrogen and oxygen atoms in total. The summed E-state index contributed by atoms with van der Waals surface area (Å²) in [6.07, 6.45) is 0.0955. The van der Waals surface area contributed by atoms with E-state index in [9.17, 15) is 4.39 Å². The minimum absolute atomic E-state index is 0.321. The number of hydrogen-bond acceptors (Lipinski definition) is 2. The van der Waals surface area contributed by atoms with Crippen LogP contribution in [0, 0.1) is 12.7 Å². The van der Waals surface area contributed by atoms with Crippen LogP contribution in [0.2, 0.25) is 5.02 Å². The first-order valence-electron chi connectivity index (χ1n) is 6.95. The first-order chi connectivity index (χ1) is 10.0. The van der Waals surface area contributed by atoms with E-state index in [4.69, 9.17) is 22.1 Å². The summed E-state index contributed by atoms with van der Waals surface area (Å²) < 4.78 is 20.0. The minimum atomic E-state index is -0.574. The fraction of sp³-hybridized carbons (Fsp3) is 0.294. The summed E-state index contributed by atoms with van der Waals surface area (Å²) in [4.78, 5) is 0. The van der Waals surface area contributed by atoms with Gasteiger partial charge in [-0.05, 0) is 37.1 Å². The highest BCUT2D eigenvalue weighted by molar-refractivity contribution is 6.32. The second-order valence-corrected chi connectivity index (χ2v) is 5.47. The third kappa shape index (κ3) is 3.74. The van der Waals surface area contributed by atoms with Crippen molar-refractivity contribution in [1.82, 2.24) is 0 Å². The summed E-state index contributed by atoms with van der Waals surface area (Å²) in [5, 5.41) is 0.491. The van der Waals surface area contributed by atoms with Crippen molar-refractivity contribution >= 4 is 11.6 Å². The molecule has 0 aliphatic carbocycles. The third-order valence-electron chi connectivity index (χ3n) is 3.41. The summed E-state index contributed by atoms with van der Waals surface area (Å²) in [5.74, 6) is 0.198. The van der Waals surface area contributed by atoms with Crippen molar-refractivity contribution in [3.8, 4) is 5.75 Å². The van der Waals surface area contributed by atoms with Gasteiger partial charge in [0.2, 0.25) is 0 Å². The number of nitrogens with two attached hydrogens (primary N) is 1. The van der Waals surface area contributed by atoms with Gasteiger partial charge in [0.15, 0.2) is 0 Å². The molecule has 0 aliphatic rings. The van der Waals surface area contributed by atoms with Gasteiger partial charge in [0.25, 0.3) is 0 Å². The summed E-state index contributed by atoms with van der Waals surface area (Å²) in [6.45, 7) is 3.89. The lowest BCUT2D eigenvalue weighted by Gasteiger charge is -2.25. The van der Waals surface area contributed by atoms with Crippen molar-refractivity contribution < 1.29 is 9.13 Å². The second kappa shape index (κ2) is 6.92. The van der Waals surface area contributed by atoms with Crippen molar-refractivity contribution in [1.29, 1.82) is 0 Å². The molecular weight excluding hydrogens is 289 g/mol. The van der Waals surface area contributed by atoms with Gasteiger partial charge in [0.05, 0.1) is 5.02 Å². The molecular formula is C17H19ClFNO. The van der Waals surface area contributed by atoms with Gasteiger partial charge < -0.3 is 10.5 Å². The van der Waals surface area contributed by atoms with E-state index in [2.05, 4.69) is 0 Å². The molecule has 2 aromatic carbocycles. The number of rotatable bonds is 5. The Kier molecular flexibility index (Phi) is 5.21. The molecule has 2 unspecified atom stereocenters. The maximum atomic E-state index is 14.1. The number of ether oxygens (including phenoxy) is 1. The molecule has 2 rings (SSSR count). The zero-order valence-electron chi connectivity index (χ0n) is 12.1. The number of halogens is 2. The highest BCUT2D eigenvalue weighted by Crippen LogP contribution is 2.32. The van der Waals surface area contributed by atoms with Gasteiger partial charge in [-0.3, -0.25) is 0 Å². The van der Waals surface area contributed by atoms with Crippen molar-refractivity contribution in [3.63, 3.8) is 0 Å². The van der Waals surface area contributed by atoms with Crippen LogP contribution in [-0.2, 0) is 0 Å². The maximum absolute atomic E-state index is 14.1. The van der Waals surface area contributed by atoms with Crippen LogP contribution in [0.5, 0.6) is 5.75 Å². The molecule has 0 radical (unpaired) electrons. The number of hydrogen-bond donors (Lipinski definition) is 1. The zero-order chi connectivity index (χ0) is 15.4. The van der Waals surface area contributed by atoms with Gasteiger partial charge in [0.1, 0.15) is 17.7 Å². The monoisotopic (exact) mass is 307 g/mol. The molecule has 2 N–H and O–H groups in total. The standard InChI is InChI=1S/C17H19ClFNO/c1-3-15(20)17(12-6-4-5-7-14(12)19)21-16-10-11(2)8-9-13(16)18/h4-10,15,17H,3,20H2,1-2H3. The molecule has 21 heavy (non-hydrogen) atoms. The summed E-state index contributed by atoms with van der Waals surface area (Å²) in [7, 11) is 0. The summed E-state index contributed by atoms with van der Waals surface area (Å²) >= 11 is 6.16. The Morgan fingerprint density at radius 3 is 2.62 bits per heavy atom. The Morgan fingerprint density at radius 2 is 1.95 bits per heavy atom. The predicted molar refractivity (Wildman–Crippen MR) is 84.2 cm³/mol.